The predicted molar refractivity (Wildman–Crippen MR) is 85.2 cm³/mol. The normalized spacial score (nSPS) is 14.7. The number of halogens is 2. The van der Waals surface area contributed by atoms with Gasteiger partial charge in [-0.1, -0.05) is 41.9 Å². The molecule has 0 bridgehead atoms. The summed E-state index contributed by atoms with van der Waals surface area (Å²) in [5.74, 6) is -0.286. The van der Waals surface area contributed by atoms with Crippen molar-refractivity contribution in [2.24, 2.45) is 0 Å². The van der Waals surface area contributed by atoms with E-state index in [-0.39, 0.29) is 18.3 Å². The van der Waals surface area contributed by atoms with Gasteiger partial charge in [0.1, 0.15) is 5.82 Å². The molecule has 1 amide bonds. The number of hydrogen-bond acceptors (Lipinski definition) is 1. The molecule has 0 spiro atoms. The van der Waals surface area contributed by atoms with Crippen molar-refractivity contribution in [3.05, 3.63) is 69.5 Å². The molecule has 1 aliphatic heterocycles. The van der Waals surface area contributed by atoms with Crippen molar-refractivity contribution in [3.8, 4) is 0 Å². The van der Waals surface area contributed by atoms with E-state index < -0.39 is 0 Å². The standard InChI is InChI=1S/C18H17ClFNO/c1-12-6-8-16(19)15(18(12)20)11-21-10-14-5-3-2-4-13(14)7-9-17(21)22/h2-6,8H,7,9-11H2,1H3. The van der Waals surface area contributed by atoms with E-state index in [2.05, 4.69) is 0 Å². The molecule has 4 heteroatoms. The predicted octanol–water partition coefficient (Wildman–Crippen LogP) is 4.26. The molecule has 114 valence electrons. The summed E-state index contributed by atoms with van der Waals surface area (Å²) in [6, 6.07) is 11.4. The van der Waals surface area contributed by atoms with E-state index in [4.69, 9.17) is 11.6 Å². The fourth-order valence-electron chi connectivity index (χ4n) is 2.84. The molecule has 0 N–H and O–H groups in total. The molecule has 0 unspecified atom stereocenters. The van der Waals surface area contributed by atoms with Crippen molar-refractivity contribution in [2.75, 3.05) is 0 Å². The van der Waals surface area contributed by atoms with Crippen molar-refractivity contribution in [3.63, 3.8) is 0 Å². The third-order valence-corrected chi connectivity index (χ3v) is 4.52. The van der Waals surface area contributed by atoms with Gasteiger partial charge < -0.3 is 4.90 Å². The zero-order chi connectivity index (χ0) is 15.7. The number of nitrogens with zero attached hydrogens (tertiary/aromatic N) is 1. The SMILES string of the molecule is Cc1ccc(Cl)c(CN2Cc3ccccc3CCC2=O)c1F. The highest BCUT2D eigenvalue weighted by atomic mass is 35.5. The van der Waals surface area contributed by atoms with Gasteiger partial charge in [-0.2, -0.15) is 0 Å². The van der Waals surface area contributed by atoms with E-state index in [1.807, 2.05) is 24.3 Å². The van der Waals surface area contributed by atoms with Gasteiger partial charge in [-0.15, -0.1) is 0 Å². The summed E-state index contributed by atoms with van der Waals surface area (Å²) in [6.07, 6.45) is 1.18. The van der Waals surface area contributed by atoms with Gasteiger partial charge in [-0.25, -0.2) is 4.39 Å². The molecule has 2 aromatic carbocycles. The Labute approximate surface area is 134 Å². The van der Waals surface area contributed by atoms with Crippen molar-refractivity contribution in [1.82, 2.24) is 4.90 Å². The van der Waals surface area contributed by atoms with Crippen molar-refractivity contribution in [1.29, 1.82) is 0 Å². The third kappa shape index (κ3) is 2.86. The molecular formula is C18H17ClFNO. The Morgan fingerprint density at radius 2 is 1.86 bits per heavy atom. The average molecular weight is 318 g/mol. The monoisotopic (exact) mass is 317 g/mol. The quantitative estimate of drug-likeness (QED) is 0.810. The van der Waals surface area contributed by atoms with Crippen LogP contribution < -0.4 is 0 Å². The van der Waals surface area contributed by atoms with Gasteiger partial charge in [0, 0.05) is 23.6 Å². The Bertz CT molecular complexity index is 729. The van der Waals surface area contributed by atoms with Crippen LogP contribution in [0, 0.1) is 12.7 Å². The molecular weight excluding hydrogens is 301 g/mol. The second-order valence-electron chi connectivity index (χ2n) is 5.68. The van der Waals surface area contributed by atoms with Crippen molar-refractivity contribution < 1.29 is 9.18 Å². The van der Waals surface area contributed by atoms with Crippen LogP contribution in [0.1, 0.15) is 28.7 Å². The molecule has 3 rings (SSSR count). The van der Waals surface area contributed by atoms with Crippen LogP contribution >= 0.6 is 11.6 Å². The van der Waals surface area contributed by atoms with Crippen LogP contribution in [0.3, 0.4) is 0 Å². The van der Waals surface area contributed by atoms with E-state index in [1.54, 1.807) is 24.0 Å². The van der Waals surface area contributed by atoms with Gasteiger partial charge in [0.05, 0.1) is 6.54 Å². The second-order valence-corrected chi connectivity index (χ2v) is 6.08. The van der Waals surface area contributed by atoms with E-state index in [0.29, 0.717) is 29.1 Å². The van der Waals surface area contributed by atoms with Crippen LogP contribution in [0.4, 0.5) is 4.39 Å². The minimum absolute atomic E-state index is 0.0353. The van der Waals surface area contributed by atoms with E-state index >= 15 is 0 Å². The molecule has 0 atom stereocenters. The van der Waals surface area contributed by atoms with Crippen molar-refractivity contribution in [2.45, 2.75) is 32.9 Å². The van der Waals surface area contributed by atoms with E-state index in [9.17, 15) is 9.18 Å². The smallest absolute Gasteiger partial charge is 0.223 e. The molecule has 0 saturated carbocycles. The topological polar surface area (TPSA) is 20.3 Å². The zero-order valence-electron chi connectivity index (χ0n) is 12.4. The van der Waals surface area contributed by atoms with E-state index in [0.717, 1.165) is 12.0 Å². The first kappa shape index (κ1) is 15.0. The first-order chi connectivity index (χ1) is 10.6. The first-order valence-corrected chi connectivity index (χ1v) is 7.72. The highest BCUT2D eigenvalue weighted by Gasteiger charge is 2.22. The average Bonchev–Trinajstić information content (AvgIpc) is 2.67. The van der Waals surface area contributed by atoms with Gasteiger partial charge >= 0.3 is 0 Å². The summed E-state index contributed by atoms with van der Waals surface area (Å²) in [4.78, 5) is 14.0. The summed E-state index contributed by atoms with van der Waals surface area (Å²) >= 11 is 6.13. The van der Waals surface area contributed by atoms with Crippen LogP contribution in [0.5, 0.6) is 0 Å². The number of carbonyl (C=O) groups is 1. The minimum Gasteiger partial charge on any atom is -0.334 e. The van der Waals surface area contributed by atoms with Crippen molar-refractivity contribution >= 4 is 17.5 Å². The van der Waals surface area contributed by atoms with Gasteiger partial charge in [0.15, 0.2) is 0 Å². The van der Waals surface area contributed by atoms with Crippen LogP contribution in [0.25, 0.3) is 0 Å². The molecule has 2 nitrogen and oxygen atoms in total. The molecule has 0 radical (unpaired) electrons. The molecule has 0 fully saturated rings. The number of aryl methyl sites for hydroxylation is 2. The molecule has 0 saturated heterocycles. The maximum atomic E-state index is 14.3. The molecule has 22 heavy (non-hydrogen) atoms. The lowest BCUT2D eigenvalue weighted by Crippen LogP contribution is -2.29. The summed E-state index contributed by atoms with van der Waals surface area (Å²) < 4.78 is 14.3. The molecule has 1 heterocycles. The zero-order valence-corrected chi connectivity index (χ0v) is 13.2. The van der Waals surface area contributed by atoms with Gasteiger partial charge in [-0.3, -0.25) is 4.79 Å². The van der Waals surface area contributed by atoms with Crippen LogP contribution in [0.2, 0.25) is 5.02 Å². The Morgan fingerprint density at radius 1 is 1.14 bits per heavy atom. The lowest BCUT2D eigenvalue weighted by Gasteiger charge is -2.22. The molecule has 0 aliphatic carbocycles. The van der Waals surface area contributed by atoms with Crippen LogP contribution in [-0.2, 0) is 24.3 Å². The summed E-state index contributed by atoms with van der Waals surface area (Å²) in [5, 5.41) is 0.369. The third-order valence-electron chi connectivity index (χ3n) is 4.17. The number of amides is 1. The fraction of sp³-hybridized carbons (Fsp3) is 0.278. The largest absolute Gasteiger partial charge is 0.334 e. The lowest BCUT2D eigenvalue weighted by molar-refractivity contribution is -0.132. The Balaban J connectivity index is 1.92. The first-order valence-electron chi connectivity index (χ1n) is 7.34. The second kappa shape index (κ2) is 6.09. The van der Waals surface area contributed by atoms with Gasteiger partial charge in [0.2, 0.25) is 5.91 Å². The summed E-state index contributed by atoms with van der Waals surface area (Å²) in [7, 11) is 0. The highest BCUT2D eigenvalue weighted by Crippen LogP contribution is 2.26. The fourth-order valence-corrected chi connectivity index (χ4v) is 3.05. The molecule has 1 aliphatic rings. The number of rotatable bonds is 2. The Kier molecular flexibility index (Phi) is 4.16. The Hall–Kier alpha value is -1.87. The number of hydrogen-bond donors (Lipinski definition) is 0. The number of fused-ring (bicyclic) bond motifs is 1. The molecule has 2 aromatic rings. The number of benzene rings is 2. The molecule has 0 aromatic heterocycles. The maximum absolute atomic E-state index is 14.3. The highest BCUT2D eigenvalue weighted by molar-refractivity contribution is 6.31. The maximum Gasteiger partial charge on any atom is 0.223 e. The van der Waals surface area contributed by atoms with Crippen LogP contribution in [0.15, 0.2) is 36.4 Å². The Morgan fingerprint density at radius 3 is 2.64 bits per heavy atom. The minimum atomic E-state index is -0.321. The number of carbonyl (C=O) groups excluding carboxylic acids is 1. The summed E-state index contributed by atoms with van der Waals surface area (Å²) in [6.45, 7) is 2.41. The van der Waals surface area contributed by atoms with Crippen LogP contribution in [-0.4, -0.2) is 10.8 Å². The van der Waals surface area contributed by atoms with Gasteiger partial charge in [-0.05, 0) is 36.1 Å². The van der Waals surface area contributed by atoms with E-state index in [1.165, 1.54) is 5.56 Å². The van der Waals surface area contributed by atoms with Gasteiger partial charge in [0.25, 0.3) is 0 Å². The lowest BCUT2D eigenvalue weighted by atomic mass is 10.0. The summed E-state index contributed by atoms with van der Waals surface area (Å²) in [5.41, 5.74) is 3.25.